The fourth-order valence-corrected chi connectivity index (χ4v) is 0.410. The third-order valence-electron chi connectivity index (χ3n) is 1.13. The first-order valence-corrected chi connectivity index (χ1v) is 3.06. The second-order valence-corrected chi connectivity index (χ2v) is 2.61. The molecule has 0 saturated carbocycles. The highest BCUT2D eigenvalue weighted by Crippen LogP contribution is 2.01. The molecule has 0 heterocycles. The summed E-state index contributed by atoms with van der Waals surface area (Å²) in [5.74, 6) is -1.85. The van der Waals surface area contributed by atoms with Crippen LogP contribution < -0.4 is 5.32 Å². The molecule has 0 aromatic heterocycles. The van der Waals surface area contributed by atoms with Crippen LogP contribution in [0.1, 0.15) is 13.8 Å². The minimum absolute atomic E-state index is 0.529. The first-order valence-electron chi connectivity index (χ1n) is 3.06. The normalized spacial score (nSPS) is 10.4. The Labute approximate surface area is 64.9 Å². The van der Waals surface area contributed by atoms with E-state index in [0.717, 1.165) is 6.08 Å². The summed E-state index contributed by atoms with van der Waals surface area (Å²) >= 11 is 0. The third-order valence-corrected chi connectivity index (χ3v) is 1.13. The molecule has 0 aromatic rings. The Balaban J connectivity index is 4.23. The van der Waals surface area contributed by atoms with Crippen LogP contribution in [0.3, 0.4) is 0 Å². The summed E-state index contributed by atoms with van der Waals surface area (Å²) in [6, 6.07) is 0. The Hall–Kier alpha value is -1.32. The lowest BCUT2D eigenvalue weighted by molar-refractivity contribution is -0.151. The van der Waals surface area contributed by atoms with E-state index < -0.39 is 17.4 Å². The van der Waals surface area contributed by atoms with E-state index in [1.807, 2.05) is 0 Å². The molecule has 11 heavy (non-hydrogen) atoms. The predicted molar refractivity (Wildman–Crippen MR) is 38.1 cm³/mol. The zero-order valence-corrected chi connectivity index (χ0v) is 6.51. The van der Waals surface area contributed by atoms with Crippen molar-refractivity contribution in [2.75, 3.05) is 0 Å². The minimum atomic E-state index is -1.34. The van der Waals surface area contributed by atoms with Crippen LogP contribution in [0.4, 0.5) is 0 Å². The Morgan fingerprint density at radius 1 is 1.45 bits per heavy atom. The molecule has 1 N–H and O–H groups in total. The van der Waals surface area contributed by atoms with E-state index in [1.54, 1.807) is 0 Å². The summed E-state index contributed by atoms with van der Waals surface area (Å²) in [4.78, 5) is 20.9. The smallest absolute Gasteiger partial charge is 0.337 e. The quantitative estimate of drug-likeness (QED) is 0.585. The van der Waals surface area contributed by atoms with Gasteiger partial charge in [-0.1, -0.05) is 6.58 Å². The van der Waals surface area contributed by atoms with Gasteiger partial charge >= 0.3 is 5.97 Å². The number of carbonyl (C=O) groups excluding carboxylic acids is 2. The molecule has 4 nitrogen and oxygen atoms in total. The van der Waals surface area contributed by atoms with Crippen LogP contribution in [0.5, 0.6) is 0 Å². The first kappa shape index (κ1) is 9.68. The van der Waals surface area contributed by atoms with Crippen LogP contribution in [0.25, 0.3) is 0 Å². The van der Waals surface area contributed by atoms with E-state index in [1.165, 1.54) is 13.8 Å². The standard InChI is InChI=1S/C7H10NO3/c1-4-5(9)8-7(2,3)6(10)11/h4H,1H2,2-3H3,(H,8,9). The van der Waals surface area contributed by atoms with E-state index in [2.05, 4.69) is 11.9 Å². The van der Waals surface area contributed by atoms with Crippen LogP contribution in [-0.4, -0.2) is 17.4 Å². The topological polar surface area (TPSA) is 66.1 Å². The maximum absolute atomic E-state index is 10.6. The number of hydrogen-bond donors (Lipinski definition) is 1. The van der Waals surface area contributed by atoms with Crippen molar-refractivity contribution < 1.29 is 14.7 Å². The molecule has 0 rings (SSSR count). The summed E-state index contributed by atoms with van der Waals surface area (Å²) in [6.07, 6.45) is 1.00. The maximum atomic E-state index is 10.6. The number of hydrogen-bond acceptors (Lipinski definition) is 2. The Kier molecular flexibility index (Phi) is 2.80. The fourth-order valence-electron chi connectivity index (χ4n) is 0.410. The van der Waals surface area contributed by atoms with E-state index in [4.69, 9.17) is 0 Å². The molecule has 0 spiro atoms. The minimum Gasteiger partial charge on any atom is -0.337 e. The zero-order valence-electron chi connectivity index (χ0n) is 6.51. The lowest BCUT2D eigenvalue weighted by Crippen LogP contribution is -2.48. The Morgan fingerprint density at radius 2 is 1.91 bits per heavy atom. The van der Waals surface area contributed by atoms with Gasteiger partial charge in [0, 0.05) is 0 Å². The van der Waals surface area contributed by atoms with Gasteiger partial charge < -0.3 is 5.32 Å². The predicted octanol–water partition coefficient (Wildman–Crippen LogP) is 0.0243. The van der Waals surface area contributed by atoms with Gasteiger partial charge in [-0.3, -0.25) is 4.79 Å². The molecular formula is C7H10NO3. The molecule has 0 aliphatic rings. The summed E-state index contributed by atoms with van der Waals surface area (Å²) in [7, 11) is 0. The monoisotopic (exact) mass is 156 g/mol. The molecular weight excluding hydrogens is 146 g/mol. The van der Waals surface area contributed by atoms with Gasteiger partial charge in [-0.25, -0.2) is 9.90 Å². The van der Waals surface area contributed by atoms with Crippen LogP contribution in [0.2, 0.25) is 0 Å². The van der Waals surface area contributed by atoms with Crippen molar-refractivity contribution in [3.63, 3.8) is 0 Å². The molecule has 1 amide bonds. The Bertz CT molecular complexity index is 196. The van der Waals surface area contributed by atoms with E-state index in [0.29, 0.717) is 0 Å². The molecule has 4 heteroatoms. The summed E-state index contributed by atoms with van der Waals surface area (Å²) in [6.45, 7) is 5.85. The number of nitrogens with one attached hydrogen (secondary N) is 1. The van der Waals surface area contributed by atoms with Crippen molar-refractivity contribution in [2.24, 2.45) is 0 Å². The molecule has 61 valence electrons. The highest BCUT2D eigenvalue weighted by molar-refractivity contribution is 5.92. The van der Waals surface area contributed by atoms with Crippen molar-refractivity contribution in [1.82, 2.24) is 5.32 Å². The average Bonchev–Trinajstić information content (AvgIpc) is 1.86. The van der Waals surface area contributed by atoms with Crippen LogP contribution >= 0.6 is 0 Å². The van der Waals surface area contributed by atoms with E-state index in [9.17, 15) is 14.7 Å². The van der Waals surface area contributed by atoms with Gasteiger partial charge in [-0.05, 0) is 19.9 Å². The van der Waals surface area contributed by atoms with E-state index >= 15 is 0 Å². The highest BCUT2D eigenvalue weighted by Gasteiger charge is 2.29. The van der Waals surface area contributed by atoms with Crippen molar-refractivity contribution >= 4 is 11.9 Å². The molecule has 0 fully saturated rings. The molecule has 0 aliphatic carbocycles. The van der Waals surface area contributed by atoms with Gasteiger partial charge in [0.1, 0.15) is 5.54 Å². The van der Waals surface area contributed by atoms with Crippen LogP contribution in [0.15, 0.2) is 12.7 Å². The van der Waals surface area contributed by atoms with Crippen LogP contribution in [-0.2, 0) is 14.7 Å². The van der Waals surface area contributed by atoms with Gasteiger partial charge in [0.25, 0.3) is 0 Å². The number of rotatable bonds is 3. The van der Waals surface area contributed by atoms with Crippen molar-refractivity contribution in [3.8, 4) is 0 Å². The zero-order chi connectivity index (χ0) is 9.07. The third kappa shape index (κ3) is 2.84. The molecule has 0 unspecified atom stereocenters. The SMILES string of the molecule is C=CC(=O)NC(C)(C)C([O])=O. The number of carbonyl (C=O) groups is 2. The average molecular weight is 156 g/mol. The van der Waals surface area contributed by atoms with Gasteiger partial charge in [-0.2, -0.15) is 0 Å². The highest BCUT2D eigenvalue weighted by atomic mass is 16.4. The van der Waals surface area contributed by atoms with Crippen molar-refractivity contribution in [1.29, 1.82) is 0 Å². The lowest BCUT2D eigenvalue weighted by Gasteiger charge is -2.17. The number of amides is 1. The Morgan fingerprint density at radius 3 is 2.18 bits per heavy atom. The summed E-state index contributed by atoms with van der Waals surface area (Å²) in [5.41, 5.74) is -1.34. The van der Waals surface area contributed by atoms with Gasteiger partial charge in [-0.15, -0.1) is 0 Å². The van der Waals surface area contributed by atoms with Gasteiger partial charge in [0.2, 0.25) is 5.91 Å². The molecule has 0 aromatic carbocycles. The summed E-state index contributed by atoms with van der Waals surface area (Å²) in [5, 5.41) is 12.5. The first-order chi connectivity index (χ1) is 4.90. The molecule has 1 radical (unpaired) electrons. The largest absolute Gasteiger partial charge is 0.380 e. The summed E-state index contributed by atoms with van der Waals surface area (Å²) < 4.78 is 0. The molecule has 0 aliphatic heterocycles. The van der Waals surface area contributed by atoms with Crippen molar-refractivity contribution in [2.45, 2.75) is 19.4 Å². The van der Waals surface area contributed by atoms with Crippen LogP contribution in [0, 0.1) is 0 Å². The van der Waals surface area contributed by atoms with Gasteiger partial charge in [0.05, 0.1) is 0 Å². The van der Waals surface area contributed by atoms with Gasteiger partial charge in [0.15, 0.2) is 0 Å². The van der Waals surface area contributed by atoms with E-state index in [-0.39, 0.29) is 0 Å². The maximum Gasteiger partial charge on any atom is 0.380 e. The lowest BCUT2D eigenvalue weighted by atomic mass is 10.1. The second-order valence-electron chi connectivity index (χ2n) is 2.61. The molecule has 0 bridgehead atoms. The fraction of sp³-hybridized carbons (Fsp3) is 0.429. The van der Waals surface area contributed by atoms with Crippen molar-refractivity contribution in [3.05, 3.63) is 12.7 Å². The second kappa shape index (κ2) is 3.18. The molecule has 0 atom stereocenters. The molecule has 0 saturated heterocycles.